The molecule has 14 heavy (non-hydrogen) atoms. The van der Waals surface area contributed by atoms with Crippen molar-refractivity contribution in [3.63, 3.8) is 0 Å². The van der Waals surface area contributed by atoms with Gasteiger partial charge >= 0.3 is 12.0 Å². The van der Waals surface area contributed by atoms with E-state index in [1.165, 1.54) is 0 Å². The summed E-state index contributed by atoms with van der Waals surface area (Å²) in [6.07, 6.45) is 0.405. The summed E-state index contributed by atoms with van der Waals surface area (Å²) in [6.45, 7) is 2.03. The lowest BCUT2D eigenvalue weighted by Gasteiger charge is -2.05. The van der Waals surface area contributed by atoms with Gasteiger partial charge in [0.05, 0.1) is 6.61 Å². The Bertz CT molecular complexity index is 264. The van der Waals surface area contributed by atoms with Gasteiger partial charge in [0, 0.05) is 6.42 Å². The first kappa shape index (κ1) is 10.5. The van der Waals surface area contributed by atoms with Crippen molar-refractivity contribution < 1.29 is 19.1 Å². The molecule has 0 aromatic rings. The Hall–Kier alpha value is -1.59. The molecule has 6 heteroatoms. The Labute approximate surface area is 81.0 Å². The molecule has 1 atom stereocenters. The number of carbonyl (C=O) groups is 3. The maximum atomic E-state index is 11.0. The molecule has 1 unspecified atom stereocenters. The van der Waals surface area contributed by atoms with Crippen LogP contribution in [0.3, 0.4) is 0 Å². The minimum Gasteiger partial charge on any atom is -0.466 e. The summed E-state index contributed by atoms with van der Waals surface area (Å²) < 4.78 is 4.68. The quantitative estimate of drug-likeness (QED) is 0.475. The lowest BCUT2D eigenvalue weighted by atomic mass is 10.1. The number of amides is 3. The molecule has 2 N–H and O–H groups in total. The van der Waals surface area contributed by atoms with E-state index in [4.69, 9.17) is 0 Å². The van der Waals surface area contributed by atoms with E-state index in [1.807, 2.05) is 0 Å². The lowest BCUT2D eigenvalue weighted by Crippen LogP contribution is -2.29. The van der Waals surface area contributed by atoms with Gasteiger partial charge in [-0.2, -0.15) is 0 Å². The van der Waals surface area contributed by atoms with Gasteiger partial charge in [0.1, 0.15) is 6.04 Å². The maximum absolute atomic E-state index is 11.0. The summed E-state index contributed by atoms with van der Waals surface area (Å²) in [4.78, 5) is 32.6. The molecule has 1 aliphatic heterocycles. The summed E-state index contributed by atoms with van der Waals surface area (Å²) in [5.41, 5.74) is 0. The van der Waals surface area contributed by atoms with Gasteiger partial charge in [-0.15, -0.1) is 0 Å². The van der Waals surface area contributed by atoms with Crippen molar-refractivity contribution in [2.75, 3.05) is 6.61 Å². The number of hydrogen-bond donors (Lipinski definition) is 2. The zero-order valence-corrected chi connectivity index (χ0v) is 7.83. The van der Waals surface area contributed by atoms with E-state index in [2.05, 4.69) is 15.4 Å². The average molecular weight is 200 g/mol. The van der Waals surface area contributed by atoms with Crippen LogP contribution in [0.15, 0.2) is 0 Å². The van der Waals surface area contributed by atoms with Crippen molar-refractivity contribution in [1.82, 2.24) is 10.6 Å². The maximum Gasteiger partial charge on any atom is 0.322 e. The van der Waals surface area contributed by atoms with Crippen LogP contribution in [0.4, 0.5) is 4.79 Å². The molecule has 1 saturated heterocycles. The highest BCUT2D eigenvalue weighted by atomic mass is 16.5. The number of ether oxygens (including phenoxy) is 1. The third-order valence-corrected chi connectivity index (χ3v) is 1.80. The van der Waals surface area contributed by atoms with E-state index >= 15 is 0 Å². The highest BCUT2D eigenvalue weighted by molar-refractivity contribution is 6.04. The lowest BCUT2D eigenvalue weighted by molar-refractivity contribution is -0.143. The molecule has 3 amide bonds. The Morgan fingerprint density at radius 3 is 2.71 bits per heavy atom. The Balaban J connectivity index is 2.28. The van der Waals surface area contributed by atoms with E-state index in [-0.39, 0.29) is 24.7 Å². The standard InChI is InChI=1S/C8H12N2O4/c1-2-14-6(11)4-3-5-7(12)10-8(13)9-5/h5H,2-4H2,1H3,(H2,9,10,12,13). The largest absolute Gasteiger partial charge is 0.466 e. The van der Waals surface area contributed by atoms with Crippen molar-refractivity contribution in [3.8, 4) is 0 Å². The molecule has 0 spiro atoms. The Kier molecular flexibility index (Phi) is 3.44. The molecular weight excluding hydrogens is 188 g/mol. The van der Waals surface area contributed by atoms with Gasteiger partial charge in [-0.25, -0.2) is 4.79 Å². The van der Waals surface area contributed by atoms with Crippen LogP contribution in [0.2, 0.25) is 0 Å². The fraction of sp³-hybridized carbons (Fsp3) is 0.625. The second-order valence-corrected chi connectivity index (χ2v) is 2.86. The van der Waals surface area contributed by atoms with Crippen LogP contribution in [-0.4, -0.2) is 30.6 Å². The molecule has 1 rings (SSSR count). The molecular formula is C8H12N2O4. The molecule has 0 aromatic carbocycles. The fourth-order valence-corrected chi connectivity index (χ4v) is 1.16. The van der Waals surface area contributed by atoms with Crippen LogP contribution in [0.1, 0.15) is 19.8 Å². The predicted octanol–water partition coefficient (Wildman–Crippen LogP) is -0.462. The van der Waals surface area contributed by atoms with Gasteiger partial charge < -0.3 is 10.1 Å². The van der Waals surface area contributed by atoms with Crippen molar-refractivity contribution >= 4 is 17.9 Å². The molecule has 1 fully saturated rings. The zero-order valence-electron chi connectivity index (χ0n) is 7.83. The van der Waals surface area contributed by atoms with Crippen molar-refractivity contribution in [2.45, 2.75) is 25.8 Å². The monoisotopic (exact) mass is 200 g/mol. The zero-order chi connectivity index (χ0) is 10.6. The van der Waals surface area contributed by atoms with Crippen LogP contribution < -0.4 is 10.6 Å². The average Bonchev–Trinajstić information content (AvgIpc) is 2.42. The van der Waals surface area contributed by atoms with Crippen molar-refractivity contribution in [2.24, 2.45) is 0 Å². The van der Waals surface area contributed by atoms with Crippen molar-refractivity contribution in [3.05, 3.63) is 0 Å². The molecule has 1 aliphatic rings. The van der Waals surface area contributed by atoms with E-state index in [1.54, 1.807) is 6.92 Å². The Morgan fingerprint density at radius 2 is 2.21 bits per heavy atom. The van der Waals surface area contributed by atoms with Gasteiger partial charge in [0.15, 0.2) is 0 Å². The second-order valence-electron chi connectivity index (χ2n) is 2.86. The number of hydrogen-bond acceptors (Lipinski definition) is 4. The minimum atomic E-state index is -0.605. The van der Waals surface area contributed by atoms with E-state index in [9.17, 15) is 14.4 Å². The highest BCUT2D eigenvalue weighted by Gasteiger charge is 2.29. The highest BCUT2D eigenvalue weighted by Crippen LogP contribution is 2.03. The SMILES string of the molecule is CCOC(=O)CCC1NC(=O)NC1=O. The summed E-state index contributed by atoms with van der Waals surface area (Å²) in [5, 5.41) is 4.48. The molecule has 0 aromatic heterocycles. The number of carbonyl (C=O) groups excluding carboxylic acids is 3. The molecule has 0 bridgehead atoms. The smallest absolute Gasteiger partial charge is 0.322 e. The van der Waals surface area contributed by atoms with Crippen LogP contribution in [-0.2, 0) is 14.3 Å². The van der Waals surface area contributed by atoms with Crippen molar-refractivity contribution in [1.29, 1.82) is 0 Å². The Morgan fingerprint density at radius 1 is 1.50 bits per heavy atom. The molecule has 0 saturated carbocycles. The molecule has 1 heterocycles. The number of urea groups is 1. The second kappa shape index (κ2) is 4.59. The fourth-order valence-electron chi connectivity index (χ4n) is 1.16. The first-order valence-corrected chi connectivity index (χ1v) is 4.40. The summed E-state index contributed by atoms with van der Waals surface area (Å²) in [7, 11) is 0. The van der Waals surface area contributed by atoms with E-state index in [0.29, 0.717) is 6.61 Å². The van der Waals surface area contributed by atoms with Crippen LogP contribution in [0.25, 0.3) is 0 Å². The van der Waals surface area contributed by atoms with Gasteiger partial charge in [0.2, 0.25) is 0 Å². The molecule has 0 aliphatic carbocycles. The third-order valence-electron chi connectivity index (χ3n) is 1.80. The number of imide groups is 1. The summed E-state index contributed by atoms with van der Waals surface area (Å²) in [6, 6.07) is -1.12. The number of nitrogens with one attached hydrogen (secondary N) is 2. The molecule has 78 valence electrons. The molecule has 6 nitrogen and oxygen atoms in total. The first-order valence-electron chi connectivity index (χ1n) is 4.40. The van der Waals surface area contributed by atoms with Crippen LogP contribution >= 0.6 is 0 Å². The van der Waals surface area contributed by atoms with Gasteiger partial charge in [0.25, 0.3) is 5.91 Å². The topological polar surface area (TPSA) is 84.5 Å². The summed E-state index contributed by atoms with van der Waals surface area (Å²) >= 11 is 0. The third kappa shape index (κ3) is 2.72. The van der Waals surface area contributed by atoms with Crippen LogP contribution in [0, 0.1) is 0 Å². The normalized spacial score (nSPS) is 20.2. The van der Waals surface area contributed by atoms with Crippen LogP contribution in [0.5, 0.6) is 0 Å². The first-order chi connectivity index (χ1) is 6.63. The number of rotatable bonds is 4. The van der Waals surface area contributed by atoms with Gasteiger partial charge in [-0.05, 0) is 13.3 Å². The predicted molar refractivity (Wildman–Crippen MR) is 46.3 cm³/mol. The van der Waals surface area contributed by atoms with Gasteiger partial charge in [-0.1, -0.05) is 0 Å². The summed E-state index contributed by atoms with van der Waals surface area (Å²) in [5.74, 6) is -0.749. The van der Waals surface area contributed by atoms with Gasteiger partial charge in [-0.3, -0.25) is 14.9 Å². The van der Waals surface area contributed by atoms with E-state index in [0.717, 1.165) is 0 Å². The molecule has 0 radical (unpaired) electrons. The van der Waals surface area contributed by atoms with E-state index < -0.39 is 12.1 Å². The number of esters is 1. The minimum absolute atomic E-state index is 0.131.